The fraction of sp³-hybridized carbons (Fsp3) is 0.505. The van der Waals surface area contributed by atoms with Gasteiger partial charge in [-0.15, -0.1) is 23.2 Å². The predicted molar refractivity (Wildman–Crippen MR) is 471 cm³/mol. The van der Waals surface area contributed by atoms with Crippen LogP contribution in [0.3, 0.4) is 0 Å². The van der Waals surface area contributed by atoms with Gasteiger partial charge < -0.3 is 14.6 Å². The Bertz CT molecular complexity index is 4380. The molecule has 0 saturated heterocycles. The Morgan fingerprint density at radius 3 is 1.07 bits per heavy atom. The number of aliphatic carboxylic acids is 1. The van der Waals surface area contributed by atoms with Crippen molar-refractivity contribution in [1.82, 2.24) is 0 Å². The van der Waals surface area contributed by atoms with Crippen LogP contribution in [0.4, 0.5) is 0 Å². The summed E-state index contributed by atoms with van der Waals surface area (Å²) in [5, 5.41) is 8.66. The van der Waals surface area contributed by atoms with Crippen LogP contribution in [0.25, 0.3) is 0 Å². The minimum absolute atomic E-state index is 0. The van der Waals surface area contributed by atoms with Gasteiger partial charge in [-0.25, -0.2) is 0 Å². The standard InChI is InChI=1S/C18H24O2.C14H16O2.C12H13Br.C12H13ClO.C12H12O.C12H14.C9H10.C6H11O2.C3H4Cl2O.CH4.BrH.Zn/c1-18(2,3)20-17(19)11-16-14-8-4-6-12(14)10-13-7-5-9-15(13)16;15-14(16)8-13-11-5-1-3-9(11)7-10-4-2-6-12(10)13;13-12-10-5-1-3-8(10)7-9-4-2-6-11(9)12;13-7-6-12(14)11-5-4-9-2-1-3-10(9)8-11;13-12-5-4-10-6-8-2-1-3-9(8)7-11(10)12;1-3-9-7-11-5-2-6-12(11)8-10(9)4-1;1-2-5-9-7-3-6-8(9)4-1;1-5(7)8-6(2,3)4;4-2-1-3(5)6;;;/h10H,4-9,11H2,1-3H3;7H,1-6,8H2,(H,15,16);7H,1-6H2;4-5,8H,1-3,6-7H2;6-7H,1-5H2;7-8H,1-6H2;1-2,4-5H,3,6-7H2;1H2,2-4H3;1-2H2;1H4;1H;/q;;;;;;;-1;;;;+2/p-1. The third kappa shape index (κ3) is 25.9. The number of carbonyl (C=O) groups is 6. The van der Waals surface area contributed by atoms with Gasteiger partial charge in [-0.2, -0.15) is 0 Å². The molecule has 19 rings (SSSR count). The SMILES string of the molecule is Brc1c2c(cc3c1CCC3)CCC2.C.CC(C)(C)OC(=O)Cc1c2c(cc3c1CCC3)CCC2.O=C(CCCl)c1ccc2c(c1)CCC2.O=C(Cl)CCCl.O=C(O)Cc1c2c(cc3c1CCC3)CCC2.O=C1CCc2cc3c(cc21)CCC3.[CH2-]C(=O)OC(C)(C)C.[Zn+][Br].c1c2c(cc3c1CCC3)CCC2.c1ccc2c(c1)CCC2. The van der Waals surface area contributed by atoms with Crippen molar-refractivity contribution in [2.75, 3.05) is 11.8 Å². The monoisotopic (exact) mass is 1780 g/mol. The zero-order valence-corrected chi connectivity index (χ0v) is 76.5. The molecule has 1 N–H and O–H groups in total. The van der Waals surface area contributed by atoms with Crippen molar-refractivity contribution in [3.8, 4) is 0 Å². The molecule has 12 aliphatic carbocycles. The average Bonchev–Trinajstić information content (AvgIpc) is 1.61. The smallest absolute Gasteiger partial charge is 0.0273 e. The number of ether oxygens (including phenoxy) is 2. The topological polar surface area (TPSA) is 141 Å². The van der Waals surface area contributed by atoms with E-state index in [1.165, 1.54) is 266 Å². The molecular weight excluding hydrogens is 1660 g/mol. The van der Waals surface area contributed by atoms with Gasteiger partial charge in [0.05, 0.1) is 12.8 Å². The third-order valence-electron chi connectivity index (χ3n) is 23.7. The van der Waals surface area contributed by atoms with Crippen LogP contribution in [0.2, 0.25) is 0 Å². The van der Waals surface area contributed by atoms with Gasteiger partial charge in [0.25, 0.3) is 0 Å². The first-order valence-corrected chi connectivity index (χ1v) is 51.2. The number of benzene rings is 7. The van der Waals surface area contributed by atoms with Gasteiger partial charge in [0, 0.05) is 46.6 Å². The van der Waals surface area contributed by atoms with E-state index in [0.29, 0.717) is 30.4 Å². The Morgan fingerprint density at radius 1 is 0.404 bits per heavy atom. The second-order valence-electron chi connectivity index (χ2n) is 34.0. The Labute approximate surface area is 721 Å². The molecule has 0 atom stereocenters. The fourth-order valence-corrected chi connectivity index (χ4v) is 20.2. The molecule has 7 aromatic rings. The van der Waals surface area contributed by atoms with E-state index in [9.17, 15) is 28.8 Å². The summed E-state index contributed by atoms with van der Waals surface area (Å²) in [5.41, 5.74) is 38.2. The van der Waals surface area contributed by atoms with Crippen LogP contribution < -0.4 is 0 Å². The predicted octanol–water partition coefficient (Wildman–Crippen LogP) is 23.4. The van der Waals surface area contributed by atoms with E-state index in [-0.39, 0.29) is 37.3 Å². The summed E-state index contributed by atoms with van der Waals surface area (Å²) in [6, 6.07) is 31.4. The zero-order chi connectivity index (χ0) is 80.9. The van der Waals surface area contributed by atoms with Crippen LogP contribution in [0, 0.1) is 6.92 Å². The number of carboxylic acids is 1. The van der Waals surface area contributed by atoms with E-state index in [1.54, 1.807) is 76.4 Å². The largest absolute Gasteiger partial charge is 0.0620 e. The number of fused-ring (bicyclic) bond motifs is 12. The molecule has 0 aliphatic heterocycles. The van der Waals surface area contributed by atoms with E-state index < -0.39 is 23.1 Å². The van der Waals surface area contributed by atoms with Gasteiger partial charge in [0.15, 0.2) is 17.5 Å². The maximum absolute atomic E-state index is 12.2. The minimum atomic E-state index is -0.686. The molecule has 9 nitrogen and oxygen atoms in total. The van der Waals surface area contributed by atoms with Crippen molar-refractivity contribution in [3.05, 3.63) is 247 Å². The number of alkyl halides is 2. The van der Waals surface area contributed by atoms with Crippen LogP contribution in [0.15, 0.2) is 89.4 Å². The third-order valence-corrected chi connectivity index (χ3v) is 25.2. The van der Waals surface area contributed by atoms with Crippen LogP contribution >= 0.6 is 64.4 Å². The first-order valence-electron chi connectivity index (χ1n) is 42.0. The quantitative estimate of drug-likeness (QED) is 0.0373. The minimum Gasteiger partial charge on any atom is -0.0620 e. The van der Waals surface area contributed by atoms with Crippen molar-refractivity contribution in [2.24, 2.45) is 0 Å². The molecule has 15 heteroatoms. The molecular formula is C99H121Br2Cl3O9Zn. The van der Waals surface area contributed by atoms with Crippen LogP contribution in [-0.4, -0.2) is 62.8 Å². The molecule has 0 heterocycles. The van der Waals surface area contributed by atoms with E-state index in [2.05, 4.69) is 114 Å². The molecule has 7 aromatic carbocycles. The zero-order valence-electron chi connectivity index (χ0n) is 68.1. The molecule has 0 unspecified atom stereocenters. The number of carboxylic acid groups (broad SMARTS) is 1. The molecule has 0 fully saturated rings. The Kier molecular flexibility index (Phi) is 35.9. The molecule has 0 radical (unpaired) electrons. The van der Waals surface area contributed by atoms with Crippen molar-refractivity contribution < 1.29 is 59.7 Å². The molecule has 0 spiro atoms. The second kappa shape index (κ2) is 44.4. The summed E-state index contributed by atoms with van der Waals surface area (Å²) >= 11 is 23.5. The molecule has 0 saturated carbocycles. The average molecular weight is 1790 g/mol. The second-order valence-corrected chi connectivity index (χ2v) is 36.0. The van der Waals surface area contributed by atoms with Gasteiger partial charge in [0.1, 0.15) is 11.2 Å². The number of hydrogen-bond acceptors (Lipinski definition) is 8. The normalized spacial score (nSPS) is 16.0. The molecule has 114 heavy (non-hydrogen) atoms. The van der Waals surface area contributed by atoms with E-state index in [1.807, 2.05) is 32.9 Å². The molecule has 608 valence electrons. The molecule has 0 bridgehead atoms. The van der Waals surface area contributed by atoms with Gasteiger partial charge in [0.2, 0.25) is 5.24 Å². The van der Waals surface area contributed by atoms with Gasteiger partial charge >= 0.3 is 41.9 Å². The summed E-state index contributed by atoms with van der Waals surface area (Å²) in [5.74, 6) is 0.0105. The van der Waals surface area contributed by atoms with Crippen LogP contribution in [0.1, 0.15) is 299 Å². The fourth-order valence-electron chi connectivity index (χ4n) is 18.8. The van der Waals surface area contributed by atoms with Gasteiger partial charge in [-0.05, 0) is 423 Å². The van der Waals surface area contributed by atoms with E-state index in [0.717, 1.165) is 74.5 Å². The number of carbonyl (C=O) groups excluding carboxylic acids is 5. The first kappa shape index (κ1) is 92.2. The van der Waals surface area contributed by atoms with E-state index >= 15 is 0 Å². The van der Waals surface area contributed by atoms with E-state index in [4.69, 9.17) is 44.6 Å². The van der Waals surface area contributed by atoms with Crippen molar-refractivity contribution in [1.29, 1.82) is 0 Å². The molecule has 12 aliphatic rings. The van der Waals surface area contributed by atoms with Gasteiger partial charge in [-0.1, -0.05) is 96.2 Å². The number of ketones is 2. The van der Waals surface area contributed by atoms with Crippen molar-refractivity contribution >= 4 is 99.1 Å². The number of hydrogen-bond donors (Lipinski definition) is 1. The van der Waals surface area contributed by atoms with Crippen LogP contribution in [-0.2, 0) is 206 Å². The first-order chi connectivity index (χ1) is 54.3. The van der Waals surface area contributed by atoms with Gasteiger partial charge in [-0.3, -0.25) is 35.7 Å². The van der Waals surface area contributed by atoms with Crippen LogP contribution in [0.5, 0.6) is 0 Å². The summed E-state index contributed by atoms with van der Waals surface area (Å²) in [6.45, 7) is 14.3. The maximum atomic E-state index is 12.2. The number of Topliss-reactive ketones (excluding diaryl/α,β-unsaturated/α-hetero) is 2. The number of rotatable bonds is 9. The Hall–Kier alpha value is -5.72. The van der Waals surface area contributed by atoms with Crippen molar-refractivity contribution in [2.45, 2.75) is 311 Å². The summed E-state index contributed by atoms with van der Waals surface area (Å²) in [4.78, 5) is 66.1. The molecule has 0 aromatic heterocycles. The Morgan fingerprint density at radius 2 is 0.719 bits per heavy atom. The maximum Gasteiger partial charge on any atom is -0.0273 e. The Balaban J connectivity index is 0.000000149. The number of esters is 2. The number of aryl methyl sites for hydroxylation is 17. The number of halogens is 5. The summed E-state index contributed by atoms with van der Waals surface area (Å²) < 4.78 is 11.7. The molecule has 0 amide bonds. The summed E-state index contributed by atoms with van der Waals surface area (Å²) in [7, 11) is 0. The van der Waals surface area contributed by atoms with Crippen molar-refractivity contribution in [3.63, 3.8) is 0 Å². The summed E-state index contributed by atoms with van der Waals surface area (Å²) in [6.07, 6.45) is 44.3.